The van der Waals surface area contributed by atoms with E-state index in [4.69, 9.17) is 11.6 Å². The number of benzene rings is 2. The maximum absolute atomic E-state index is 12.7. The van der Waals surface area contributed by atoms with Gasteiger partial charge in [-0.3, -0.25) is 0 Å². The number of carbonyl (C=O) groups excluding carboxylic acids is 1. The summed E-state index contributed by atoms with van der Waals surface area (Å²) in [5.41, 5.74) is 0.509. The van der Waals surface area contributed by atoms with Crippen LogP contribution in [0, 0.1) is 0 Å². The molecule has 128 valence electrons. The van der Waals surface area contributed by atoms with Crippen molar-refractivity contribution < 1.29 is 18.0 Å². The van der Waals surface area contributed by atoms with Crippen molar-refractivity contribution in [3.05, 3.63) is 70.2 Å². The minimum absolute atomic E-state index is 0.0165. The molecule has 0 bridgehead atoms. The van der Waals surface area contributed by atoms with Crippen LogP contribution in [0.5, 0.6) is 0 Å². The molecule has 0 unspecified atom stereocenters. The quantitative estimate of drug-likeness (QED) is 0.846. The van der Waals surface area contributed by atoms with Gasteiger partial charge in [0.25, 0.3) is 0 Å². The van der Waals surface area contributed by atoms with E-state index in [-0.39, 0.29) is 12.6 Å². The van der Waals surface area contributed by atoms with E-state index >= 15 is 0 Å². The Labute approximate surface area is 143 Å². The Balaban J connectivity index is 1.93. The number of amides is 2. The number of halogens is 4. The highest BCUT2D eigenvalue weighted by molar-refractivity contribution is 6.30. The summed E-state index contributed by atoms with van der Waals surface area (Å²) >= 11 is 5.89. The van der Waals surface area contributed by atoms with Crippen LogP contribution < -0.4 is 5.32 Å². The number of carbonyl (C=O) groups is 1. The van der Waals surface area contributed by atoms with E-state index in [1.807, 2.05) is 6.07 Å². The van der Waals surface area contributed by atoms with Gasteiger partial charge >= 0.3 is 12.2 Å². The maximum atomic E-state index is 12.7. The van der Waals surface area contributed by atoms with Gasteiger partial charge < -0.3 is 10.2 Å². The molecule has 0 aliphatic rings. The second kappa shape index (κ2) is 7.57. The SMILES string of the molecule is CN(Cc1cccc(Cl)c1)C(=O)NCc1cccc(C(F)(F)F)c1. The van der Waals surface area contributed by atoms with Gasteiger partial charge in [0.2, 0.25) is 0 Å². The van der Waals surface area contributed by atoms with E-state index in [9.17, 15) is 18.0 Å². The first-order valence-electron chi connectivity index (χ1n) is 7.15. The Morgan fingerprint density at radius 2 is 1.79 bits per heavy atom. The fourth-order valence-corrected chi connectivity index (χ4v) is 2.36. The van der Waals surface area contributed by atoms with Crippen molar-refractivity contribution in [2.24, 2.45) is 0 Å². The van der Waals surface area contributed by atoms with Gasteiger partial charge in [-0.1, -0.05) is 35.9 Å². The molecule has 0 saturated heterocycles. The summed E-state index contributed by atoms with van der Waals surface area (Å²) in [6.07, 6.45) is -4.40. The molecule has 0 aliphatic heterocycles. The van der Waals surface area contributed by atoms with Crippen LogP contribution in [0.15, 0.2) is 48.5 Å². The van der Waals surface area contributed by atoms with Gasteiger partial charge in [0.1, 0.15) is 0 Å². The first kappa shape index (κ1) is 18.1. The zero-order valence-electron chi connectivity index (χ0n) is 12.9. The predicted octanol–water partition coefficient (Wildman–Crippen LogP) is 4.70. The van der Waals surface area contributed by atoms with E-state index in [2.05, 4.69) is 5.32 Å². The highest BCUT2D eigenvalue weighted by atomic mass is 35.5. The van der Waals surface area contributed by atoms with E-state index in [0.717, 1.165) is 17.7 Å². The molecule has 24 heavy (non-hydrogen) atoms. The van der Waals surface area contributed by atoms with Gasteiger partial charge in [-0.2, -0.15) is 13.2 Å². The third-order valence-electron chi connectivity index (χ3n) is 3.35. The van der Waals surface area contributed by atoms with Crippen LogP contribution in [0.2, 0.25) is 5.02 Å². The third-order valence-corrected chi connectivity index (χ3v) is 3.59. The lowest BCUT2D eigenvalue weighted by atomic mass is 10.1. The Hall–Kier alpha value is -2.21. The smallest absolute Gasteiger partial charge is 0.334 e. The zero-order valence-corrected chi connectivity index (χ0v) is 13.7. The molecule has 0 fully saturated rings. The van der Waals surface area contributed by atoms with Gasteiger partial charge in [-0.05, 0) is 35.4 Å². The van der Waals surface area contributed by atoms with Crippen LogP contribution >= 0.6 is 11.6 Å². The first-order valence-corrected chi connectivity index (χ1v) is 7.53. The van der Waals surface area contributed by atoms with Gasteiger partial charge in [-0.15, -0.1) is 0 Å². The lowest BCUT2D eigenvalue weighted by Crippen LogP contribution is -2.36. The molecule has 2 amide bonds. The van der Waals surface area contributed by atoms with Gasteiger partial charge in [0.15, 0.2) is 0 Å². The molecule has 0 heterocycles. The molecule has 2 rings (SSSR count). The fraction of sp³-hybridized carbons (Fsp3) is 0.235. The molecular weight excluding hydrogens is 341 g/mol. The molecule has 3 nitrogen and oxygen atoms in total. The molecule has 0 spiro atoms. The number of rotatable bonds is 4. The molecular formula is C17H16ClF3N2O. The summed E-state index contributed by atoms with van der Waals surface area (Å²) in [4.78, 5) is 13.5. The molecule has 0 radical (unpaired) electrons. The van der Waals surface area contributed by atoms with E-state index < -0.39 is 11.7 Å². The second-order valence-electron chi connectivity index (χ2n) is 5.34. The molecule has 1 N–H and O–H groups in total. The number of urea groups is 1. The second-order valence-corrected chi connectivity index (χ2v) is 5.78. The van der Waals surface area contributed by atoms with E-state index in [1.54, 1.807) is 25.2 Å². The van der Waals surface area contributed by atoms with Crippen molar-refractivity contribution >= 4 is 17.6 Å². The van der Waals surface area contributed by atoms with E-state index in [0.29, 0.717) is 17.1 Å². The van der Waals surface area contributed by atoms with Gasteiger partial charge in [-0.25, -0.2) is 4.79 Å². The number of hydrogen-bond acceptors (Lipinski definition) is 1. The van der Waals surface area contributed by atoms with Crippen LogP contribution in [-0.2, 0) is 19.3 Å². The minimum atomic E-state index is -4.40. The molecule has 2 aromatic carbocycles. The summed E-state index contributed by atoms with van der Waals surface area (Å²) in [5, 5.41) is 3.17. The van der Waals surface area contributed by atoms with Crippen molar-refractivity contribution in [1.82, 2.24) is 10.2 Å². The summed E-state index contributed by atoms with van der Waals surface area (Å²) in [6.45, 7) is 0.359. The molecule has 0 aromatic heterocycles. The van der Waals surface area contributed by atoms with Crippen LogP contribution in [0.3, 0.4) is 0 Å². The minimum Gasteiger partial charge on any atom is -0.334 e. The number of nitrogens with zero attached hydrogens (tertiary/aromatic N) is 1. The summed E-state index contributed by atoms with van der Waals surface area (Å²) in [5.74, 6) is 0. The first-order chi connectivity index (χ1) is 11.3. The number of nitrogens with one attached hydrogen (secondary N) is 1. The topological polar surface area (TPSA) is 32.3 Å². The lowest BCUT2D eigenvalue weighted by molar-refractivity contribution is -0.137. The molecule has 0 aliphatic carbocycles. The van der Waals surface area contributed by atoms with E-state index in [1.165, 1.54) is 17.0 Å². The molecule has 0 atom stereocenters. The van der Waals surface area contributed by atoms with Crippen LogP contribution in [0.4, 0.5) is 18.0 Å². The largest absolute Gasteiger partial charge is 0.416 e. The Morgan fingerprint density at radius 3 is 2.46 bits per heavy atom. The summed E-state index contributed by atoms with van der Waals surface area (Å²) in [6, 6.07) is 11.6. The Morgan fingerprint density at radius 1 is 1.12 bits per heavy atom. The average Bonchev–Trinajstić information content (AvgIpc) is 2.52. The Bertz CT molecular complexity index is 719. The summed E-state index contributed by atoms with van der Waals surface area (Å²) in [7, 11) is 1.60. The maximum Gasteiger partial charge on any atom is 0.416 e. The van der Waals surface area contributed by atoms with Crippen molar-refractivity contribution in [1.29, 1.82) is 0 Å². The monoisotopic (exact) mass is 356 g/mol. The van der Waals surface area contributed by atoms with Gasteiger partial charge in [0.05, 0.1) is 5.56 Å². The molecule has 0 saturated carbocycles. The normalized spacial score (nSPS) is 11.2. The lowest BCUT2D eigenvalue weighted by Gasteiger charge is -2.18. The number of hydrogen-bond donors (Lipinski definition) is 1. The van der Waals surface area contributed by atoms with Crippen LogP contribution in [-0.4, -0.2) is 18.0 Å². The summed E-state index contributed by atoms with van der Waals surface area (Å²) < 4.78 is 38.0. The number of alkyl halides is 3. The average molecular weight is 357 g/mol. The third kappa shape index (κ3) is 5.16. The zero-order chi connectivity index (χ0) is 17.7. The standard InChI is InChI=1S/C17H16ClF3N2O/c1-23(11-13-5-3-7-15(18)9-13)16(24)22-10-12-4-2-6-14(8-12)17(19,20)21/h2-9H,10-11H2,1H3,(H,22,24). The molecule has 2 aromatic rings. The van der Waals surface area contributed by atoms with Crippen molar-refractivity contribution in [2.75, 3.05) is 7.05 Å². The fourth-order valence-electron chi connectivity index (χ4n) is 2.15. The predicted molar refractivity (Wildman–Crippen MR) is 86.6 cm³/mol. The van der Waals surface area contributed by atoms with Crippen molar-refractivity contribution in [2.45, 2.75) is 19.3 Å². The van der Waals surface area contributed by atoms with Crippen molar-refractivity contribution in [3.8, 4) is 0 Å². The van der Waals surface area contributed by atoms with Gasteiger partial charge in [0, 0.05) is 25.2 Å². The van der Waals surface area contributed by atoms with Crippen LogP contribution in [0.1, 0.15) is 16.7 Å². The molecule has 7 heteroatoms. The highest BCUT2D eigenvalue weighted by Crippen LogP contribution is 2.29. The highest BCUT2D eigenvalue weighted by Gasteiger charge is 2.30. The van der Waals surface area contributed by atoms with Crippen molar-refractivity contribution in [3.63, 3.8) is 0 Å². The van der Waals surface area contributed by atoms with Crippen LogP contribution in [0.25, 0.3) is 0 Å². The Kier molecular flexibility index (Phi) is 5.72.